The summed E-state index contributed by atoms with van der Waals surface area (Å²) in [6.45, 7) is 4.73. The van der Waals surface area contributed by atoms with Gasteiger partial charge in [0, 0.05) is 19.0 Å². The normalized spacial score (nSPS) is 30.8. The van der Waals surface area contributed by atoms with E-state index in [1.165, 1.54) is 25.7 Å². The third-order valence-electron chi connectivity index (χ3n) is 4.69. The minimum Gasteiger partial charge on any atom is -0.389 e. The minimum absolute atomic E-state index is 0.235. The highest BCUT2D eigenvalue weighted by Crippen LogP contribution is 2.34. The van der Waals surface area contributed by atoms with E-state index < -0.39 is 5.60 Å². The lowest BCUT2D eigenvalue weighted by molar-refractivity contribution is -0.143. The van der Waals surface area contributed by atoms with Gasteiger partial charge in [0.2, 0.25) is 0 Å². The number of aromatic nitrogens is 2. The topological polar surface area (TPSA) is 47.3 Å². The van der Waals surface area contributed by atoms with Crippen molar-refractivity contribution in [3.8, 4) is 0 Å². The second-order valence-corrected chi connectivity index (χ2v) is 7.16. The average molecular weight is 278 g/mol. The summed E-state index contributed by atoms with van der Waals surface area (Å²) in [6, 6.07) is 2.64. The van der Waals surface area contributed by atoms with Gasteiger partial charge in [-0.3, -0.25) is 4.68 Å². The smallest absolute Gasteiger partial charge is 0.0752 e. The van der Waals surface area contributed by atoms with Crippen LogP contribution >= 0.6 is 0 Å². The fraction of sp³-hybridized carbons (Fsp3) is 0.812. The summed E-state index contributed by atoms with van der Waals surface area (Å²) >= 11 is 0. The lowest BCUT2D eigenvalue weighted by Gasteiger charge is -2.41. The van der Waals surface area contributed by atoms with Crippen molar-refractivity contribution < 1.29 is 9.84 Å². The van der Waals surface area contributed by atoms with Crippen molar-refractivity contribution >= 4 is 0 Å². The number of hydrogen-bond acceptors (Lipinski definition) is 3. The van der Waals surface area contributed by atoms with Crippen molar-refractivity contribution in [3.63, 3.8) is 0 Å². The van der Waals surface area contributed by atoms with Gasteiger partial charge in [0.25, 0.3) is 0 Å². The monoisotopic (exact) mass is 278 g/mol. The summed E-state index contributed by atoms with van der Waals surface area (Å²) in [4.78, 5) is 0. The maximum Gasteiger partial charge on any atom is 0.0752 e. The first-order valence-corrected chi connectivity index (χ1v) is 7.86. The van der Waals surface area contributed by atoms with E-state index in [0.29, 0.717) is 31.9 Å². The molecule has 0 aromatic carbocycles. The van der Waals surface area contributed by atoms with Crippen LogP contribution in [0.1, 0.15) is 64.1 Å². The van der Waals surface area contributed by atoms with Crippen LogP contribution in [0.4, 0.5) is 0 Å². The van der Waals surface area contributed by atoms with E-state index in [1.807, 2.05) is 13.8 Å². The Morgan fingerprint density at radius 3 is 2.85 bits per heavy atom. The molecule has 1 N–H and O–H groups in total. The zero-order chi connectivity index (χ0) is 14.2. The van der Waals surface area contributed by atoms with E-state index in [9.17, 15) is 5.11 Å². The molecule has 0 spiro atoms. The first kappa shape index (κ1) is 14.1. The third-order valence-corrected chi connectivity index (χ3v) is 4.69. The van der Waals surface area contributed by atoms with E-state index in [1.54, 1.807) is 0 Å². The van der Waals surface area contributed by atoms with Gasteiger partial charge in [-0.05, 0) is 39.2 Å². The van der Waals surface area contributed by atoms with E-state index in [4.69, 9.17) is 9.84 Å². The molecule has 1 saturated carbocycles. The zero-order valence-corrected chi connectivity index (χ0v) is 12.6. The molecular weight excluding hydrogens is 252 g/mol. The molecule has 2 aliphatic rings. The van der Waals surface area contributed by atoms with Gasteiger partial charge in [-0.25, -0.2) is 0 Å². The number of rotatable bonds is 3. The molecule has 4 nitrogen and oxygen atoms in total. The first-order valence-electron chi connectivity index (χ1n) is 7.86. The highest BCUT2D eigenvalue weighted by Gasteiger charge is 2.39. The lowest BCUT2D eigenvalue weighted by atomic mass is 9.81. The highest BCUT2D eigenvalue weighted by molar-refractivity contribution is 5.07. The SMILES string of the molecule is CC1(C)CC(O)(Cc2ccn(C3CCCC3)n2)CCO1. The summed E-state index contributed by atoms with van der Waals surface area (Å²) in [7, 11) is 0. The molecule has 1 unspecified atom stereocenters. The zero-order valence-electron chi connectivity index (χ0n) is 12.6. The molecule has 1 aliphatic heterocycles. The molecule has 20 heavy (non-hydrogen) atoms. The van der Waals surface area contributed by atoms with Gasteiger partial charge in [-0.15, -0.1) is 0 Å². The van der Waals surface area contributed by atoms with E-state index >= 15 is 0 Å². The standard InChI is InChI=1S/C16H26N2O2/c1-15(2)12-16(19,8-10-20-15)11-13-7-9-18(17-13)14-5-3-4-6-14/h7,9,14,19H,3-6,8,10-12H2,1-2H3. The molecule has 1 atom stereocenters. The molecule has 0 bridgehead atoms. The Balaban J connectivity index is 1.67. The summed E-state index contributed by atoms with van der Waals surface area (Å²) in [5.41, 5.74) is 0.106. The van der Waals surface area contributed by atoms with Crippen LogP contribution < -0.4 is 0 Å². The molecule has 1 aromatic rings. The Bertz CT molecular complexity index is 463. The molecule has 0 radical (unpaired) electrons. The number of aliphatic hydroxyl groups is 1. The van der Waals surface area contributed by atoms with Crippen LogP contribution in [0.3, 0.4) is 0 Å². The van der Waals surface area contributed by atoms with Crippen LogP contribution in [0.25, 0.3) is 0 Å². The summed E-state index contributed by atoms with van der Waals surface area (Å²) in [6.07, 6.45) is 9.21. The molecule has 112 valence electrons. The van der Waals surface area contributed by atoms with Gasteiger partial charge in [0.1, 0.15) is 0 Å². The van der Waals surface area contributed by atoms with Crippen LogP contribution in [0.15, 0.2) is 12.3 Å². The van der Waals surface area contributed by atoms with Crippen molar-refractivity contribution in [2.75, 3.05) is 6.61 Å². The van der Waals surface area contributed by atoms with Gasteiger partial charge in [-0.1, -0.05) is 12.8 Å². The van der Waals surface area contributed by atoms with Crippen molar-refractivity contribution in [1.29, 1.82) is 0 Å². The fourth-order valence-electron chi connectivity index (χ4n) is 3.78. The third kappa shape index (κ3) is 3.07. The van der Waals surface area contributed by atoms with Crippen molar-refractivity contribution in [3.05, 3.63) is 18.0 Å². The molecule has 4 heteroatoms. The summed E-state index contributed by atoms with van der Waals surface area (Å²) in [5.74, 6) is 0. The summed E-state index contributed by atoms with van der Waals surface area (Å²) < 4.78 is 7.81. The number of ether oxygens (including phenoxy) is 1. The fourth-order valence-corrected chi connectivity index (χ4v) is 3.78. The highest BCUT2D eigenvalue weighted by atomic mass is 16.5. The molecule has 1 saturated heterocycles. The van der Waals surface area contributed by atoms with Crippen LogP contribution in [-0.2, 0) is 11.2 Å². The van der Waals surface area contributed by atoms with Crippen LogP contribution in [-0.4, -0.2) is 32.7 Å². The second-order valence-electron chi connectivity index (χ2n) is 7.16. The van der Waals surface area contributed by atoms with Crippen LogP contribution in [0.5, 0.6) is 0 Å². The maximum atomic E-state index is 10.8. The first-order chi connectivity index (χ1) is 9.46. The molecule has 2 heterocycles. The molecule has 0 amide bonds. The molecule has 1 aromatic heterocycles. The predicted molar refractivity (Wildman–Crippen MR) is 77.7 cm³/mol. The van der Waals surface area contributed by atoms with Gasteiger partial charge in [0.15, 0.2) is 0 Å². The van der Waals surface area contributed by atoms with Gasteiger partial charge in [0.05, 0.1) is 29.5 Å². The van der Waals surface area contributed by atoms with Crippen LogP contribution in [0, 0.1) is 0 Å². The van der Waals surface area contributed by atoms with Gasteiger partial charge in [-0.2, -0.15) is 5.10 Å². The Morgan fingerprint density at radius 1 is 1.40 bits per heavy atom. The number of hydrogen-bond donors (Lipinski definition) is 1. The Hall–Kier alpha value is -0.870. The van der Waals surface area contributed by atoms with Crippen molar-refractivity contribution in [1.82, 2.24) is 9.78 Å². The lowest BCUT2D eigenvalue weighted by Crippen LogP contribution is -2.47. The van der Waals surface area contributed by atoms with E-state index in [2.05, 4.69) is 16.9 Å². The predicted octanol–water partition coefficient (Wildman–Crippen LogP) is 2.86. The second kappa shape index (κ2) is 5.15. The van der Waals surface area contributed by atoms with Crippen LogP contribution in [0.2, 0.25) is 0 Å². The van der Waals surface area contributed by atoms with E-state index in [-0.39, 0.29) is 5.60 Å². The molecular formula is C16H26N2O2. The quantitative estimate of drug-likeness (QED) is 0.925. The maximum absolute atomic E-state index is 10.8. The van der Waals surface area contributed by atoms with E-state index in [0.717, 1.165) is 5.69 Å². The molecule has 1 aliphatic carbocycles. The Kier molecular flexibility index (Phi) is 3.63. The van der Waals surface area contributed by atoms with Gasteiger partial charge >= 0.3 is 0 Å². The summed E-state index contributed by atoms with van der Waals surface area (Å²) in [5, 5.41) is 15.5. The van der Waals surface area contributed by atoms with Crippen molar-refractivity contribution in [2.45, 2.75) is 76.0 Å². The van der Waals surface area contributed by atoms with Crippen molar-refractivity contribution in [2.24, 2.45) is 0 Å². The average Bonchev–Trinajstić information content (AvgIpc) is 2.95. The largest absolute Gasteiger partial charge is 0.389 e. The molecule has 2 fully saturated rings. The number of nitrogens with zero attached hydrogens (tertiary/aromatic N) is 2. The minimum atomic E-state index is -0.670. The Labute approximate surface area is 121 Å². The van der Waals surface area contributed by atoms with Gasteiger partial charge < -0.3 is 9.84 Å². The molecule has 3 rings (SSSR count). The Morgan fingerprint density at radius 2 is 2.15 bits per heavy atom.